The van der Waals surface area contributed by atoms with Crippen LogP contribution in [0.1, 0.15) is 18.9 Å². The van der Waals surface area contributed by atoms with Crippen molar-refractivity contribution in [2.24, 2.45) is 0 Å². The molecule has 0 aliphatic carbocycles. The van der Waals surface area contributed by atoms with Crippen LogP contribution in [0.25, 0.3) is 16.2 Å². The van der Waals surface area contributed by atoms with Gasteiger partial charge in [0.05, 0.1) is 6.33 Å². The lowest BCUT2D eigenvalue weighted by molar-refractivity contribution is -0.116. The normalized spacial score (nSPS) is 13.5. The van der Waals surface area contributed by atoms with E-state index in [0.29, 0.717) is 18.7 Å². The van der Waals surface area contributed by atoms with Crippen LogP contribution in [0.3, 0.4) is 0 Å². The van der Waals surface area contributed by atoms with E-state index < -0.39 is 0 Å². The van der Waals surface area contributed by atoms with Gasteiger partial charge in [0.25, 0.3) is 0 Å². The fourth-order valence-corrected chi connectivity index (χ4v) is 2.58. The number of carbonyl (C=O) groups excluding carboxylic acids is 1. The zero-order valence-electron chi connectivity index (χ0n) is 12.0. The van der Waals surface area contributed by atoms with Crippen molar-refractivity contribution in [2.75, 3.05) is 6.54 Å². The van der Waals surface area contributed by atoms with Gasteiger partial charge in [-0.25, -0.2) is 4.98 Å². The molecule has 0 saturated carbocycles. The molecule has 0 radical (unpaired) electrons. The maximum atomic E-state index is 11.7. The Hall–Kier alpha value is -2.65. The summed E-state index contributed by atoms with van der Waals surface area (Å²) in [5.41, 5.74) is 3.81. The van der Waals surface area contributed by atoms with Crippen molar-refractivity contribution in [2.45, 2.75) is 13.3 Å². The number of hydrogen-bond donors (Lipinski definition) is 1. The van der Waals surface area contributed by atoms with E-state index in [1.807, 2.05) is 19.1 Å². The number of carbonyl (C=O) groups is 1. The van der Waals surface area contributed by atoms with Gasteiger partial charge in [0.15, 0.2) is 4.98 Å². The van der Waals surface area contributed by atoms with Crippen LogP contribution in [0.5, 0.6) is 0 Å². The summed E-state index contributed by atoms with van der Waals surface area (Å²) in [4.78, 5) is 19.1. The van der Waals surface area contributed by atoms with Gasteiger partial charge in [0.2, 0.25) is 11.3 Å². The molecule has 1 amide bonds. The summed E-state index contributed by atoms with van der Waals surface area (Å²) in [6, 6.07) is 5.56. The van der Waals surface area contributed by atoms with E-state index in [4.69, 9.17) is 0 Å². The number of imidazole rings is 1. The van der Waals surface area contributed by atoms with Gasteiger partial charge in [-0.1, -0.05) is 13.0 Å². The van der Waals surface area contributed by atoms with E-state index in [0.717, 1.165) is 22.4 Å². The molecule has 3 rings (SSSR count). The highest BCUT2D eigenvalue weighted by Crippen LogP contribution is 2.31. The minimum atomic E-state index is -0.0197. The molecule has 1 aromatic carbocycles. The number of halogens is 1. The summed E-state index contributed by atoms with van der Waals surface area (Å²) in [5, 5.41) is 12.1. The van der Waals surface area contributed by atoms with E-state index >= 15 is 0 Å². The number of benzene rings is 1. The molecule has 1 aliphatic rings. The van der Waals surface area contributed by atoms with Crippen LogP contribution in [-0.2, 0) is 4.79 Å². The molecule has 2 aromatic rings. The second kappa shape index (κ2) is 6.41. The Kier molecular flexibility index (Phi) is 4.59. The van der Waals surface area contributed by atoms with Gasteiger partial charge in [-0.15, -0.1) is 0 Å². The van der Waals surface area contributed by atoms with E-state index in [1.165, 1.54) is 0 Å². The summed E-state index contributed by atoms with van der Waals surface area (Å²) < 4.78 is 1.77. The molecular formula is C15H14ClN5O. The van der Waals surface area contributed by atoms with Crippen molar-refractivity contribution in [3.63, 3.8) is 0 Å². The Balaban J connectivity index is 0.00000176. The third-order valence-corrected chi connectivity index (χ3v) is 3.63. The van der Waals surface area contributed by atoms with Gasteiger partial charge >= 0.3 is 5.69 Å². The molecule has 0 saturated heterocycles. The monoisotopic (exact) mass is 315 g/mol. The summed E-state index contributed by atoms with van der Waals surface area (Å²) in [6.45, 7) is 2.47. The van der Waals surface area contributed by atoms with Gasteiger partial charge in [0, 0.05) is 30.6 Å². The summed E-state index contributed by atoms with van der Waals surface area (Å²) >= 11 is 0. The Morgan fingerprint density at radius 2 is 2.27 bits per heavy atom. The zero-order chi connectivity index (χ0) is 14.8. The average molecular weight is 316 g/mol. The predicted molar refractivity (Wildman–Crippen MR) is 78.5 cm³/mol. The maximum absolute atomic E-state index is 11.7. The molecular weight excluding hydrogens is 302 g/mol. The molecule has 1 aromatic heterocycles. The molecule has 2 heterocycles. The van der Waals surface area contributed by atoms with Crippen LogP contribution in [-0.4, -0.2) is 22.0 Å². The first-order valence-corrected chi connectivity index (χ1v) is 6.72. The lowest BCUT2D eigenvalue weighted by Crippen LogP contribution is -3.00. The summed E-state index contributed by atoms with van der Waals surface area (Å²) in [5.74, 6) is -0.0197. The second-order valence-corrected chi connectivity index (χ2v) is 4.77. The number of aromatic nitrogens is 2. The van der Waals surface area contributed by atoms with E-state index in [1.54, 1.807) is 29.4 Å². The largest absolute Gasteiger partial charge is 1.00 e. The van der Waals surface area contributed by atoms with Gasteiger partial charge in [-0.3, -0.25) is 9.36 Å². The number of nitrogens with zero attached hydrogens (tertiary/aromatic N) is 4. The van der Waals surface area contributed by atoms with Gasteiger partial charge in [-0.2, -0.15) is 0 Å². The zero-order valence-corrected chi connectivity index (χ0v) is 12.7. The molecule has 0 spiro atoms. The van der Waals surface area contributed by atoms with Crippen LogP contribution in [0.4, 0.5) is 5.69 Å². The van der Waals surface area contributed by atoms with Crippen molar-refractivity contribution in [3.8, 4) is 5.69 Å². The highest BCUT2D eigenvalue weighted by Gasteiger charge is 2.24. The molecule has 0 fully saturated rings. The van der Waals surface area contributed by atoms with Crippen molar-refractivity contribution in [1.29, 1.82) is 5.39 Å². The Morgan fingerprint density at radius 3 is 2.91 bits per heavy atom. The topological polar surface area (TPSA) is 75.1 Å². The first kappa shape index (κ1) is 15.7. The smallest absolute Gasteiger partial charge is 0.409 e. The summed E-state index contributed by atoms with van der Waals surface area (Å²) in [6.07, 6.45) is 5.75. The van der Waals surface area contributed by atoms with E-state index in [-0.39, 0.29) is 18.3 Å². The number of rotatable bonds is 3. The van der Waals surface area contributed by atoms with Gasteiger partial charge in [-0.05, 0) is 23.6 Å². The number of nitrogens with one attached hydrogen (secondary N) is 1. The fraction of sp³-hybridized carbons (Fsp3) is 0.200. The summed E-state index contributed by atoms with van der Waals surface area (Å²) in [7, 11) is 0. The van der Waals surface area contributed by atoms with Crippen LogP contribution >= 0.6 is 0 Å². The molecule has 22 heavy (non-hydrogen) atoms. The second-order valence-electron chi connectivity index (χ2n) is 4.77. The van der Waals surface area contributed by atoms with E-state index in [9.17, 15) is 10.2 Å². The number of hydrogen-bond acceptors (Lipinski definition) is 3. The van der Waals surface area contributed by atoms with Crippen LogP contribution in [0, 0.1) is 5.39 Å². The predicted octanol–water partition coefficient (Wildman–Crippen LogP) is -0.346. The molecule has 1 aliphatic heterocycles. The Morgan fingerprint density at radius 1 is 1.45 bits per heavy atom. The first-order valence-electron chi connectivity index (χ1n) is 6.72. The third kappa shape index (κ3) is 2.59. The maximum Gasteiger partial charge on any atom is 0.409 e. The lowest BCUT2D eigenvalue weighted by atomic mass is 9.99. The molecule has 0 unspecified atom stereocenters. The molecule has 7 heteroatoms. The Labute approximate surface area is 133 Å². The number of diazo groups is 1. The number of amides is 1. The van der Waals surface area contributed by atoms with E-state index in [2.05, 4.69) is 15.3 Å². The van der Waals surface area contributed by atoms with Crippen molar-refractivity contribution >= 4 is 17.2 Å². The third-order valence-electron chi connectivity index (χ3n) is 3.63. The quantitative estimate of drug-likeness (QED) is 0.787. The lowest BCUT2D eigenvalue weighted by Gasteiger charge is -2.05. The molecule has 0 bridgehead atoms. The van der Waals surface area contributed by atoms with Gasteiger partial charge < -0.3 is 17.7 Å². The average Bonchev–Trinajstić information content (AvgIpc) is 3.15. The Bertz CT molecular complexity index is 774. The van der Waals surface area contributed by atoms with Crippen molar-refractivity contribution in [1.82, 2.24) is 14.9 Å². The minimum Gasteiger partial charge on any atom is -1.00 e. The highest BCUT2D eigenvalue weighted by atomic mass is 35.5. The van der Waals surface area contributed by atoms with Crippen molar-refractivity contribution in [3.05, 3.63) is 53.0 Å². The van der Waals surface area contributed by atoms with Crippen LogP contribution in [0.15, 0.2) is 42.5 Å². The molecule has 0 atom stereocenters. The first-order chi connectivity index (χ1) is 10.2. The standard InChI is InChI=1S/C15H13N5O.ClH/c1-2-11-12(8-18-15(11)21)10-3-4-14(13(7-10)19-16)20-6-5-17-9-20;/h3-7,9H,2,8H2,1H3;1H. The fourth-order valence-electron chi connectivity index (χ4n) is 2.58. The van der Waals surface area contributed by atoms with Crippen LogP contribution < -0.4 is 17.7 Å². The molecule has 112 valence electrons. The van der Waals surface area contributed by atoms with Gasteiger partial charge in [0.1, 0.15) is 5.69 Å². The highest BCUT2D eigenvalue weighted by molar-refractivity contribution is 6.06. The molecule has 1 N–H and O–H groups in total. The SMILES string of the molecule is CCC1=C(c2ccc(-n3ccnc3)c([N+]#N)c2)CNC1=O.[Cl-]. The minimum absolute atomic E-state index is 0. The van der Waals surface area contributed by atoms with Crippen LogP contribution in [0.2, 0.25) is 0 Å². The molecule has 6 nitrogen and oxygen atoms in total. The van der Waals surface area contributed by atoms with Crippen molar-refractivity contribution < 1.29 is 17.2 Å².